The average molecular weight is 310 g/mol. The van der Waals surface area contributed by atoms with E-state index < -0.39 is 0 Å². The van der Waals surface area contributed by atoms with Crippen LogP contribution in [0.15, 0.2) is 22.7 Å². The summed E-state index contributed by atoms with van der Waals surface area (Å²) in [4.78, 5) is 0. The van der Waals surface area contributed by atoms with Gasteiger partial charge in [-0.1, -0.05) is 26.0 Å². The van der Waals surface area contributed by atoms with E-state index in [1.54, 1.807) is 0 Å². The molecule has 1 nitrogen and oxygen atoms in total. The molecule has 1 saturated carbocycles. The van der Waals surface area contributed by atoms with Crippen LogP contribution in [0.5, 0.6) is 0 Å². The second-order valence-corrected chi connectivity index (χ2v) is 6.73. The first-order chi connectivity index (χ1) is 8.58. The van der Waals surface area contributed by atoms with Crippen molar-refractivity contribution >= 4 is 21.6 Å². The van der Waals surface area contributed by atoms with Crippen molar-refractivity contribution < 1.29 is 0 Å². The van der Waals surface area contributed by atoms with E-state index in [-0.39, 0.29) is 0 Å². The van der Waals surface area contributed by atoms with Gasteiger partial charge in [0.1, 0.15) is 0 Å². The van der Waals surface area contributed by atoms with E-state index in [1.807, 2.05) is 0 Å². The molecule has 0 heterocycles. The first kappa shape index (κ1) is 13.9. The van der Waals surface area contributed by atoms with Crippen molar-refractivity contribution in [1.29, 1.82) is 0 Å². The zero-order valence-corrected chi connectivity index (χ0v) is 13.3. The largest absolute Gasteiger partial charge is 0.381 e. The lowest BCUT2D eigenvalue weighted by molar-refractivity contribution is 0.267. The second kappa shape index (κ2) is 6.10. The maximum atomic E-state index is 3.70. The van der Waals surface area contributed by atoms with Crippen LogP contribution < -0.4 is 5.32 Å². The fraction of sp³-hybridized carbons (Fsp3) is 0.625. The first-order valence-electron chi connectivity index (χ1n) is 7.09. The minimum Gasteiger partial charge on any atom is -0.381 e. The Hall–Kier alpha value is -0.500. The SMILES string of the molecule is Cc1cccc(NC2CCC(C(C)C)CC2)c1Br. The number of hydrogen-bond acceptors (Lipinski definition) is 1. The van der Waals surface area contributed by atoms with Gasteiger partial charge in [0.05, 0.1) is 0 Å². The lowest BCUT2D eigenvalue weighted by Gasteiger charge is -2.32. The van der Waals surface area contributed by atoms with Crippen molar-refractivity contribution in [2.24, 2.45) is 11.8 Å². The molecule has 0 aromatic heterocycles. The van der Waals surface area contributed by atoms with Crippen LogP contribution in [-0.4, -0.2) is 6.04 Å². The van der Waals surface area contributed by atoms with Gasteiger partial charge in [-0.3, -0.25) is 0 Å². The fourth-order valence-corrected chi connectivity index (χ4v) is 3.29. The van der Waals surface area contributed by atoms with Crippen LogP contribution in [0.3, 0.4) is 0 Å². The summed E-state index contributed by atoms with van der Waals surface area (Å²) in [5.74, 6) is 1.78. The topological polar surface area (TPSA) is 12.0 Å². The molecule has 100 valence electrons. The molecule has 0 aliphatic heterocycles. The molecule has 0 bridgehead atoms. The molecule has 1 N–H and O–H groups in total. The fourth-order valence-electron chi connectivity index (χ4n) is 2.91. The van der Waals surface area contributed by atoms with Gasteiger partial charge >= 0.3 is 0 Å². The quantitative estimate of drug-likeness (QED) is 0.790. The monoisotopic (exact) mass is 309 g/mol. The van der Waals surface area contributed by atoms with Crippen LogP contribution in [0.2, 0.25) is 0 Å². The number of aryl methyl sites for hydroxylation is 1. The molecule has 1 aromatic rings. The van der Waals surface area contributed by atoms with Gasteiger partial charge in [-0.15, -0.1) is 0 Å². The van der Waals surface area contributed by atoms with Crippen molar-refractivity contribution in [3.63, 3.8) is 0 Å². The molecule has 1 aromatic carbocycles. The molecule has 2 rings (SSSR count). The highest BCUT2D eigenvalue weighted by Crippen LogP contribution is 2.33. The van der Waals surface area contributed by atoms with Gasteiger partial charge in [-0.2, -0.15) is 0 Å². The van der Waals surface area contributed by atoms with Crippen LogP contribution in [-0.2, 0) is 0 Å². The van der Waals surface area contributed by atoms with Crippen molar-refractivity contribution in [3.8, 4) is 0 Å². The van der Waals surface area contributed by atoms with Gasteiger partial charge in [-0.05, 0) is 72.0 Å². The number of rotatable bonds is 3. The van der Waals surface area contributed by atoms with Gasteiger partial charge in [0.15, 0.2) is 0 Å². The number of hydrogen-bond donors (Lipinski definition) is 1. The molecule has 0 amide bonds. The van der Waals surface area contributed by atoms with E-state index in [2.05, 4.69) is 60.2 Å². The van der Waals surface area contributed by atoms with E-state index >= 15 is 0 Å². The molecule has 1 aliphatic carbocycles. The summed E-state index contributed by atoms with van der Waals surface area (Å²) in [6.07, 6.45) is 5.37. The van der Waals surface area contributed by atoms with Crippen LogP contribution in [0.1, 0.15) is 45.1 Å². The van der Waals surface area contributed by atoms with E-state index in [0.29, 0.717) is 6.04 Å². The third-order valence-electron chi connectivity index (χ3n) is 4.27. The molecular weight excluding hydrogens is 286 g/mol. The van der Waals surface area contributed by atoms with E-state index in [4.69, 9.17) is 0 Å². The normalized spacial score (nSPS) is 24.3. The summed E-state index contributed by atoms with van der Waals surface area (Å²) >= 11 is 3.68. The summed E-state index contributed by atoms with van der Waals surface area (Å²) in [5, 5.41) is 3.70. The number of benzene rings is 1. The minimum atomic E-state index is 0.651. The number of anilines is 1. The smallest absolute Gasteiger partial charge is 0.0489 e. The molecular formula is C16H24BrN. The van der Waals surface area contributed by atoms with Crippen LogP contribution >= 0.6 is 15.9 Å². The van der Waals surface area contributed by atoms with Gasteiger partial charge in [0.2, 0.25) is 0 Å². The third-order valence-corrected chi connectivity index (χ3v) is 5.32. The number of halogens is 1. The van der Waals surface area contributed by atoms with E-state index in [0.717, 1.165) is 11.8 Å². The van der Waals surface area contributed by atoms with Crippen LogP contribution in [0, 0.1) is 18.8 Å². The van der Waals surface area contributed by atoms with Crippen LogP contribution in [0.4, 0.5) is 5.69 Å². The van der Waals surface area contributed by atoms with Crippen molar-refractivity contribution in [2.75, 3.05) is 5.32 Å². The maximum Gasteiger partial charge on any atom is 0.0489 e. The molecule has 0 radical (unpaired) electrons. The van der Waals surface area contributed by atoms with Crippen molar-refractivity contribution in [3.05, 3.63) is 28.2 Å². The van der Waals surface area contributed by atoms with Gasteiger partial charge in [-0.25, -0.2) is 0 Å². The second-order valence-electron chi connectivity index (χ2n) is 5.94. The van der Waals surface area contributed by atoms with Crippen LogP contribution in [0.25, 0.3) is 0 Å². The maximum absolute atomic E-state index is 3.70. The molecule has 0 unspecified atom stereocenters. The lowest BCUT2D eigenvalue weighted by atomic mass is 9.79. The Morgan fingerprint density at radius 2 is 1.83 bits per heavy atom. The average Bonchev–Trinajstić information content (AvgIpc) is 2.36. The molecule has 18 heavy (non-hydrogen) atoms. The Bertz CT molecular complexity index is 392. The predicted molar refractivity (Wildman–Crippen MR) is 83.1 cm³/mol. The van der Waals surface area contributed by atoms with Gasteiger partial charge < -0.3 is 5.32 Å². The summed E-state index contributed by atoms with van der Waals surface area (Å²) in [6, 6.07) is 7.09. The molecule has 2 heteroatoms. The van der Waals surface area contributed by atoms with E-state index in [1.165, 1.54) is 41.4 Å². The Labute approximate surface area is 119 Å². The Morgan fingerprint density at radius 1 is 1.17 bits per heavy atom. The van der Waals surface area contributed by atoms with Gasteiger partial charge in [0.25, 0.3) is 0 Å². The Kier molecular flexibility index (Phi) is 4.71. The molecule has 0 spiro atoms. The summed E-state index contributed by atoms with van der Waals surface area (Å²) in [5.41, 5.74) is 2.55. The standard InChI is InChI=1S/C16H24BrN/c1-11(2)13-7-9-14(10-8-13)18-15-6-4-5-12(3)16(15)17/h4-6,11,13-14,18H,7-10H2,1-3H3. The highest BCUT2D eigenvalue weighted by molar-refractivity contribution is 9.10. The van der Waals surface area contributed by atoms with Crippen molar-refractivity contribution in [2.45, 2.75) is 52.5 Å². The Balaban J connectivity index is 1.94. The predicted octanol–water partition coefficient (Wildman–Crippen LogP) is 5.38. The zero-order chi connectivity index (χ0) is 13.1. The highest BCUT2D eigenvalue weighted by Gasteiger charge is 2.23. The Morgan fingerprint density at radius 3 is 2.44 bits per heavy atom. The van der Waals surface area contributed by atoms with Crippen molar-refractivity contribution in [1.82, 2.24) is 0 Å². The molecule has 1 aliphatic rings. The zero-order valence-electron chi connectivity index (χ0n) is 11.7. The number of nitrogens with one attached hydrogen (secondary N) is 1. The molecule has 1 fully saturated rings. The summed E-state index contributed by atoms with van der Waals surface area (Å²) in [6.45, 7) is 6.86. The highest BCUT2D eigenvalue weighted by atomic mass is 79.9. The first-order valence-corrected chi connectivity index (χ1v) is 7.89. The third kappa shape index (κ3) is 3.28. The molecule has 0 atom stereocenters. The molecule has 0 saturated heterocycles. The summed E-state index contributed by atoms with van der Waals surface area (Å²) in [7, 11) is 0. The summed E-state index contributed by atoms with van der Waals surface area (Å²) < 4.78 is 1.22. The lowest BCUT2D eigenvalue weighted by Crippen LogP contribution is -2.28. The van der Waals surface area contributed by atoms with E-state index in [9.17, 15) is 0 Å². The van der Waals surface area contributed by atoms with Gasteiger partial charge in [0, 0.05) is 16.2 Å². The minimum absolute atomic E-state index is 0.651.